The van der Waals surface area contributed by atoms with E-state index in [1.807, 2.05) is 0 Å². The molecule has 0 aliphatic carbocycles. The van der Waals surface area contributed by atoms with Crippen molar-refractivity contribution in [1.29, 1.82) is 0 Å². The van der Waals surface area contributed by atoms with E-state index in [2.05, 4.69) is 4.98 Å². The summed E-state index contributed by atoms with van der Waals surface area (Å²) in [6, 6.07) is 6.39. The zero-order valence-corrected chi connectivity index (χ0v) is 11.5. The minimum absolute atomic E-state index is 0.329. The summed E-state index contributed by atoms with van der Waals surface area (Å²) < 4.78 is 12.6. The molecule has 1 aromatic carbocycles. The molecule has 0 unspecified atom stereocenters. The second-order valence-corrected chi connectivity index (χ2v) is 6.34. The number of hydrogen-bond donors (Lipinski definition) is 1. The van der Waals surface area contributed by atoms with Gasteiger partial charge < -0.3 is 5.11 Å². The number of benzene rings is 1. The summed E-state index contributed by atoms with van der Waals surface area (Å²) in [6.07, 6.45) is 1.65. The normalized spacial score (nSPS) is 11.7. The Morgan fingerprint density at radius 1 is 1.47 bits per heavy atom. The Balaban J connectivity index is 2.33. The van der Waals surface area contributed by atoms with Crippen LogP contribution in [0.25, 0.3) is 10.9 Å². The van der Waals surface area contributed by atoms with Crippen molar-refractivity contribution < 1.29 is 14.3 Å². The summed E-state index contributed by atoms with van der Waals surface area (Å²) >= 11 is 1.26. The number of carboxylic acid groups (broad SMARTS) is 1. The molecule has 0 radical (unpaired) electrons. The molecule has 19 heavy (non-hydrogen) atoms. The maximum Gasteiger partial charge on any atom is 0.319 e. The van der Waals surface area contributed by atoms with Gasteiger partial charge in [-0.15, -0.1) is 11.8 Å². The molecule has 0 spiro atoms. The first kappa shape index (κ1) is 13.8. The number of halogens is 1. The highest BCUT2D eigenvalue weighted by molar-refractivity contribution is 8.00. The van der Waals surface area contributed by atoms with E-state index in [0.29, 0.717) is 5.75 Å². The first-order valence-electron chi connectivity index (χ1n) is 5.80. The first-order valence-corrected chi connectivity index (χ1v) is 6.79. The molecule has 0 saturated heterocycles. The zero-order valence-electron chi connectivity index (χ0n) is 10.7. The average molecular weight is 279 g/mol. The van der Waals surface area contributed by atoms with Crippen molar-refractivity contribution in [2.45, 2.75) is 24.3 Å². The molecule has 100 valence electrons. The van der Waals surface area contributed by atoms with Gasteiger partial charge in [-0.1, -0.05) is 6.07 Å². The van der Waals surface area contributed by atoms with E-state index in [1.54, 1.807) is 32.2 Å². The monoisotopic (exact) mass is 279 g/mol. The van der Waals surface area contributed by atoms with E-state index in [9.17, 15) is 9.18 Å². The largest absolute Gasteiger partial charge is 0.480 e. The molecule has 0 amide bonds. The molecule has 1 N–H and O–H groups in total. The van der Waals surface area contributed by atoms with Crippen LogP contribution >= 0.6 is 11.8 Å². The van der Waals surface area contributed by atoms with Crippen LogP contribution in [0.3, 0.4) is 0 Å². The number of carboxylic acids is 1. The third kappa shape index (κ3) is 3.04. The average Bonchev–Trinajstić information content (AvgIpc) is 2.35. The highest BCUT2D eigenvalue weighted by Gasteiger charge is 2.27. The second kappa shape index (κ2) is 5.17. The third-order valence-corrected chi connectivity index (χ3v) is 4.20. The summed E-state index contributed by atoms with van der Waals surface area (Å²) in [5.41, 5.74) is 1.44. The van der Waals surface area contributed by atoms with Crippen LogP contribution in [0.15, 0.2) is 30.5 Å². The van der Waals surface area contributed by atoms with Crippen LogP contribution in [0.1, 0.15) is 19.4 Å². The predicted molar refractivity (Wildman–Crippen MR) is 74.7 cm³/mol. The van der Waals surface area contributed by atoms with E-state index in [1.165, 1.54) is 23.9 Å². The fourth-order valence-corrected chi connectivity index (χ4v) is 2.52. The Morgan fingerprint density at radius 3 is 2.89 bits per heavy atom. The van der Waals surface area contributed by atoms with E-state index in [-0.39, 0.29) is 5.82 Å². The molecule has 5 heteroatoms. The van der Waals surface area contributed by atoms with Crippen LogP contribution in [-0.2, 0) is 10.5 Å². The van der Waals surface area contributed by atoms with Crippen LogP contribution in [0.2, 0.25) is 0 Å². The predicted octanol–water partition coefficient (Wildman–Crippen LogP) is 3.47. The number of hydrogen-bond acceptors (Lipinski definition) is 3. The van der Waals surface area contributed by atoms with Crippen LogP contribution in [0.5, 0.6) is 0 Å². The van der Waals surface area contributed by atoms with E-state index < -0.39 is 10.7 Å². The van der Waals surface area contributed by atoms with Gasteiger partial charge in [0.15, 0.2) is 0 Å². The molecular formula is C14H14FNO2S. The van der Waals surface area contributed by atoms with E-state index in [4.69, 9.17) is 5.11 Å². The molecule has 0 atom stereocenters. The number of carbonyl (C=O) groups is 1. The summed E-state index contributed by atoms with van der Waals surface area (Å²) in [4.78, 5) is 15.3. The molecule has 0 saturated carbocycles. The van der Waals surface area contributed by atoms with Crippen molar-refractivity contribution >= 4 is 28.6 Å². The summed E-state index contributed by atoms with van der Waals surface area (Å²) in [6.45, 7) is 3.27. The minimum Gasteiger partial charge on any atom is -0.480 e. The van der Waals surface area contributed by atoms with Gasteiger partial charge in [0.1, 0.15) is 10.6 Å². The molecule has 3 nitrogen and oxygen atoms in total. The first-order chi connectivity index (χ1) is 8.90. The van der Waals surface area contributed by atoms with Crippen molar-refractivity contribution in [3.63, 3.8) is 0 Å². The molecule has 0 aliphatic heterocycles. The fraction of sp³-hybridized carbons (Fsp3) is 0.286. The maximum atomic E-state index is 13.5. The number of nitrogens with zero attached hydrogens (tertiary/aromatic N) is 1. The Morgan fingerprint density at radius 2 is 2.21 bits per heavy atom. The number of rotatable bonds is 4. The van der Waals surface area contributed by atoms with Gasteiger partial charge >= 0.3 is 5.97 Å². The molecule has 0 fully saturated rings. The van der Waals surface area contributed by atoms with Gasteiger partial charge in [-0.05, 0) is 37.6 Å². The fourth-order valence-electron chi connectivity index (χ4n) is 1.66. The second-order valence-electron chi connectivity index (χ2n) is 4.74. The quantitative estimate of drug-likeness (QED) is 0.931. The maximum absolute atomic E-state index is 13.5. The van der Waals surface area contributed by atoms with Crippen molar-refractivity contribution in [3.05, 3.63) is 41.8 Å². The number of pyridine rings is 1. The van der Waals surface area contributed by atoms with Crippen molar-refractivity contribution in [2.75, 3.05) is 0 Å². The van der Waals surface area contributed by atoms with E-state index in [0.717, 1.165) is 16.5 Å². The van der Waals surface area contributed by atoms with Crippen LogP contribution < -0.4 is 0 Å². The molecule has 1 aromatic heterocycles. The van der Waals surface area contributed by atoms with Gasteiger partial charge in [-0.3, -0.25) is 9.78 Å². The lowest BCUT2D eigenvalue weighted by Gasteiger charge is -2.18. The molecule has 0 bridgehead atoms. The highest BCUT2D eigenvalue weighted by Crippen LogP contribution is 2.30. The SMILES string of the molecule is CC(C)(SCc1cc(F)cc2cccnc12)C(=O)O. The van der Waals surface area contributed by atoms with Crippen LogP contribution in [0.4, 0.5) is 4.39 Å². The Bertz CT molecular complexity index is 628. The van der Waals surface area contributed by atoms with Gasteiger partial charge in [-0.25, -0.2) is 4.39 Å². The summed E-state index contributed by atoms with van der Waals surface area (Å²) in [5, 5.41) is 9.80. The lowest BCUT2D eigenvalue weighted by molar-refractivity contribution is -0.138. The number of fused-ring (bicyclic) bond motifs is 1. The van der Waals surface area contributed by atoms with Gasteiger partial charge in [0, 0.05) is 17.3 Å². The third-order valence-electron chi connectivity index (χ3n) is 2.85. The Kier molecular flexibility index (Phi) is 3.75. The van der Waals surface area contributed by atoms with Gasteiger partial charge in [0.25, 0.3) is 0 Å². The minimum atomic E-state index is -0.909. The highest BCUT2D eigenvalue weighted by atomic mass is 32.2. The van der Waals surface area contributed by atoms with E-state index >= 15 is 0 Å². The van der Waals surface area contributed by atoms with Crippen molar-refractivity contribution in [1.82, 2.24) is 4.98 Å². The van der Waals surface area contributed by atoms with Gasteiger partial charge in [-0.2, -0.15) is 0 Å². The molecule has 1 heterocycles. The number of aromatic nitrogens is 1. The summed E-state index contributed by atoms with van der Waals surface area (Å²) in [5.74, 6) is -0.805. The van der Waals surface area contributed by atoms with Gasteiger partial charge in [0.2, 0.25) is 0 Å². The van der Waals surface area contributed by atoms with Gasteiger partial charge in [0.05, 0.1) is 5.52 Å². The lowest BCUT2D eigenvalue weighted by Crippen LogP contribution is -2.27. The number of thioether (sulfide) groups is 1. The van der Waals surface area contributed by atoms with Crippen LogP contribution in [-0.4, -0.2) is 20.8 Å². The smallest absolute Gasteiger partial charge is 0.319 e. The lowest BCUT2D eigenvalue weighted by atomic mass is 10.1. The molecular weight excluding hydrogens is 265 g/mol. The standard InChI is InChI=1S/C14H14FNO2S/c1-14(2,13(17)18)19-8-10-7-11(15)6-9-4-3-5-16-12(9)10/h3-7H,8H2,1-2H3,(H,17,18). The van der Waals surface area contributed by atoms with Crippen molar-refractivity contribution in [3.8, 4) is 0 Å². The van der Waals surface area contributed by atoms with Crippen molar-refractivity contribution in [2.24, 2.45) is 0 Å². The van der Waals surface area contributed by atoms with Crippen LogP contribution in [0, 0.1) is 5.82 Å². The molecule has 0 aliphatic rings. The number of aliphatic carboxylic acids is 1. The Hall–Kier alpha value is -1.62. The Labute approximate surface area is 114 Å². The molecule has 2 rings (SSSR count). The topological polar surface area (TPSA) is 50.2 Å². The summed E-state index contributed by atoms with van der Waals surface area (Å²) in [7, 11) is 0. The molecule has 2 aromatic rings. The zero-order chi connectivity index (χ0) is 14.0.